The molecule has 32 heavy (non-hydrogen) atoms. The molecule has 0 heterocycles. The van der Waals surface area contributed by atoms with E-state index >= 15 is 0 Å². The van der Waals surface area contributed by atoms with Crippen LogP contribution in [-0.2, 0) is 28.4 Å². The molecule has 2 aliphatic rings. The third kappa shape index (κ3) is 6.00. The van der Waals surface area contributed by atoms with Crippen LogP contribution < -0.4 is 10.5 Å². The van der Waals surface area contributed by atoms with Gasteiger partial charge in [0.05, 0.1) is 13.7 Å². The van der Waals surface area contributed by atoms with Crippen LogP contribution in [0.1, 0.15) is 60.3 Å². The van der Waals surface area contributed by atoms with Gasteiger partial charge >= 0.3 is 7.82 Å². The van der Waals surface area contributed by atoms with Gasteiger partial charge in [-0.05, 0) is 97.6 Å². The topological polar surface area (TPSA) is 102 Å². The zero-order valence-electron chi connectivity index (χ0n) is 18.7. The van der Waals surface area contributed by atoms with Gasteiger partial charge in [-0.1, -0.05) is 30.3 Å². The number of phosphoric ester groups is 1. The summed E-state index contributed by atoms with van der Waals surface area (Å²) in [6.45, 7) is -0.103. The molecule has 3 atom stereocenters. The Balaban J connectivity index is 1.34. The van der Waals surface area contributed by atoms with Crippen molar-refractivity contribution in [3.8, 4) is 5.75 Å². The smallest absolute Gasteiger partial charge is 0.469 e. The molecule has 4 N–H and O–H groups in total. The molecule has 0 bridgehead atoms. The number of aryl methyl sites for hydroxylation is 2. The number of nitrogens with two attached hydrogens (primary N) is 1. The number of fused-ring (bicyclic) bond motifs is 1. The molecule has 0 aliphatic heterocycles. The van der Waals surface area contributed by atoms with Crippen LogP contribution in [0.3, 0.4) is 0 Å². The van der Waals surface area contributed by atoms with Gasteiger partial charge in [-0.2, -0.15) is 0 Å². The van der Waals surface area contributed by atoms with E-state index in [9.17, 15) is 4.57 Å². The Hall–Kier alpha value is -1.69. The lowest BCUT2D eigenvalue weighted by molar-refractivity contribution is 0.153. The van der Waals surface area contributed by atoms with Crippen LogP contribution >= 0.6 is 7.82 Å². The highest BCUT2D eigenvalue weighted by Gasteiger charge is 2.38. The van der Waals surface area contributed by atoms with Crippen molar-refractivity contribution in [2.24, 2.45) is 11.7 Å². The van der Waals surface area contributed by atoms with Crippen molar-refractivity contribution in [1.29, 1.82) is 0 Å². The maximum atomic E-state index is 11.0. The second kappa shape index (κ2) is 9.66. The van der Waals surface area contributed by atoms with Gasteiger partial charge in [-0.25, -0.2) is 4.57 Å². The Kier molecular flexibility index (Phi) is 7.09. The lowest BCUT2D eigenvalue weighted by Gasteiger charge is -2.27. The van der Waals surface area contributed by atoms with Gasteiger partial charge < -0.3 is 20.3 Å². The van der Waals surface area contributed by atoms with E-state index in [1.807, 2.05) is 6.07 Å². The van der Waals surface area contributed by atoms with Gasteiger partial charge in [0.25, 0.3) is 0 Å². The molecule has 2 aliphatic carbocycles. The Morgan fingerprint density at radius 2 is 2.00 bits per heavy atom. The highest BCUT2D eigenvalue weighted by molar-refractivity contribution is 7.46. The second-order valence-corrected chi connectivity index (χ2v) is 10.8. The maximum absolute atomic E-state index is 11.0. The van der Waals surface area contributed by atoms with Gasteiger partial charge in [0.2, 0.25) is 0 Å². The van der Waals surface area contributed by atoms with Gasteiger partial charge in [0.15, 0.2) is 0 Å². The fourth-order valence-corrected chi connectivity index (χ4v) is 5.76. The molecular weight excluding hydrogens is 425 g/mol. The molecule has 174 valence electrons. The van der Waals surface area contributed by atoms with Crippen LogP contribution in [0.4, 0.5) is 0 Å². The molecular formula is C25H34NO5P. The molecule has 0 spiro atoms. The normalized spacial score (nSPS) is 25.5. The van der Waals surface area contributed by atoms with Crippen molar-refractivity contribution in [1.82, 2.24) is 0 Å². The first kappa shape index (κ1) is 23.5. The summed E-state index contributed by atoms with van der Waals surface area (Å²) in [6, 6.07) is 15.2. The molecule has 0 saturated heterocycles. The van der Waals surface area contributed by atoms with Gasteiger partial charge in [-0.15, -0.1) is 0 Å². The molecule has 2 aromatic rings. The quantitative estimate of drug-likeness (QED) is 0.502. The Labute approximate surface area is 190 Å². The molecule has 1 saturated carbocycles. The number of phosphoric acid groups is 1. The van der Waals surface area contributed by atoms with Crippen molar-refractivity contribution in [2.75, 3.05) is 13.7 Å². The van der Waals surface area contributed by atoms with E-state index in [0.29, 0.717) is 24.7 Å². The molecule has 4 rings (SSSR count). The van der Waals surface area contributed by atoms with E-state index in [2.05, 4.69) is 36.4 Å². The minimum Gasteiger partial charge on any atom is -0.497 e. The molecule has 0 unspecified atom stereocenters. The van der Waals surface area contributed by atoms with E-state index in [1.165, 1.54) is 35.1 Å². The third-order valence-electron chi connectivity index (χ3n) is 7.17. The summed E-state index contributed by atoms with van der Waals surface area (Å²) in [5.74, 6) is 1.94. The number of benzene rings is 2. The molecule has 6 nitrogen and oxygen atoms in total. The molecule has 0 aromatic heterocycles. The largest absolute Gasteiger partial charge is 0.497 e. The Bertz CT molecular complexity index is 990. The highest BCUT2D eigenvalue weighted by Crippen LogP contribution is 2.44. The molecule has 1 fully saturated rings. The van der Waals surface area contributed by atoms with Gasteiger partial charge in [-0.3, -0.25) is 4.52 Å². The SMILES string of the molecule is COc1cccc(CC[C@@H]2CCc3cc([C@H]4CC[C@](N)(COP(=O)(O)O)C4)ccc3C2)c1. The first-order chi connectivity index (χ1) is 15.2. The van der Waals surface area contributed by atoms with Crippen molar-refractivity contribution in [2.45, 2.75) is 62.8 Å². The standard InChI is InChI=1S/C25H34NO5P/c1-30-24-4-2-3-18(14-24)5-6-19-7-8-21-15-22(10-9-20(21)13-19)23-11-12-25(26,16-23)17-31-32(27,28)29/h2-4,9-10,14-15,19,23H,5-8,11-13,16-17,26H2,1H3,(H2,27,28,29)/t19-,23+,25-/m1/s1. The summed E-state index contributed by atoms with van der Waals surface area (Å²) >= 11 is 0. The number of hydrogen-bond acceptors (Lipinski definition) is 4. The predicted molar refractivity (Wildman–Crippen MR) is 125 cm³/mol. The average molecular weight is 460 g/mol. The predicted octanol–water partition coefficient (Wildman–Crippen LogP) is 4.51. The minimum atomic E-state index is -4.49. The van der Waals surface area contributed by atoms with Crippen molar-refractivity contribution in [3.63, 3.8) is 0 Å². The van der Waals surface area contributed by atoms with Gasteiger partial charge in [0, 0.05) is 5.54 Å². The van der Waals surface area contributed by atoms with Crippen LogP contribution in [0.5, 0.6) is 5.75 Å². The highest BCUT2D eigenvalue weighted by atomic mass is 31.2. The number of hydrogen-bond donors (Lipinski definition) is 3. The fraction of sp³-hybridized carbons (Fsp3) is 0.520. The minimum absolute atomic E-state index is 0.103. The van der Waals surface area contributed by atoms with Gasteiger partial charge in [0.1, 0.15) is 5.75 Å². The Morgan fingerprint density at radius 3 is 2.78 bits per heavy atom. The average Bonchev–Trinajstić information content (AvgIpc) is 3.18. The zero-order chi connectivity index (χ0) is 22.8. The van der Waals surface area contributed by atoms with E-state index in [4.69, 9.17) is 24.8 Å². The van der Waals surface area contributed by atoms with Crippen LogP contribution in [0.2, 0.25) is 0 Å². The summed E-state index contributed by atoms with van der Waals surface area (Å²) in [5, 5.41) is 0. The summed E-state index contributed by atoms with van der Waals surface area (Å²) in [5.41, 5.74) is 11.2. The lowest BCUT2D eigenvalue weighted by atomic mass is 9.79. The summed E-state index contributed by atoms with van der Waals surface area (Å²) in [7, 11) is -2.78. The van der Waals surface area contributed by atoms with E-state index in [-0.39, 0.29) is 6.61 Å². The van der Waals surface area contributed by atoms with E-state index in [0.717, 1.165) is 31.4 Å². The molecule has 0 amide bonds. The molecule has 0 radical (unpaired) electrons. The van der Waals surface area contributed by atoms with Crippen LogP contribution in [0, 0.1) is 5.92 Å². The number of ether oxygens (including phenoxy) is 1. The number of rotatable bonds is 8. The first-order valence-electron chi connectivity index (χ1n) is 11.5. The fourth-order valence-electron chi connectivity index (χ4n) is 5.33. The second-order valence-electron chi connectivity index (χ2n) is 9.59. The van der Waals surface area contributed by atoms with Crippen molar-refractivity contribution in [3.05, 3.63) is 64.7 Å². The van der Waals surface area contributed by atoms with Crippen molar-refractivity contribution < 1.29 is 23.6 Å². The van der Waals surface area contributed by atoms with E-state index < -0.39 is 13.4 Å². The van der Waals surface area contributed by atoms with Crippen LogP contribution in [0.15, 0.2) is 42.5 Å². The van der Waals surface area contributed by atoms with E-state index in [1.54, 1.807) is 7.11 Å². The lowest BCUT2D eigenvalue weighted by Crippen LogP contribution is -2.41. The first-order valence-corrected chi connectivity index (χ1v) is 13.0. The summed E-state index contributed by atoms with van der Waals surface area (Å²) < 4.78 is 21.1. The van der Waals surface area contributed by atoms with Crippen molar-refractivity contribution >= 4 is 7.82 Å². The maximum Gasteiger partial charge on any atom is 0.469 e. The zero-order valence-corrected chi connectivity index (χ0v) is 19.6. The van der Waals surface area contributed by atoms with Crippen LogP contribution in [0.25, 0.3) is 0 Å². The Morgan fingerprint density at radius 1 is 1.16 bits per heavy atom. The summed E-state index contributed by atoms with van der Waals surface area (Å²) in [6.07, 6.45) is 8.02. The molecule has 2 aromatic carbocycles. The third-order valence-corrected chi connectivity index (χ3v) is 7.64. The number of methoxy groups -OCH3 is 1. The monoisotopic (exact) mass is 459 g/mol. The molecule has 7 heteroatoms. The van der Waals surface area contributed by atoms with Crippen LogP contribution in [-0.4, -0.2) is 29.0 Å². The summed E-state index contributed by atoms with van der Waals surface area (Å²) in [4.78, 5) is 18.0.